The van der Waals surface area contributed by atoms with Crippen LogP contribution in [0.1, 0.15) is 30.8 Å². The molecular formula is C13H17BrN2O. The van der Waals surface area contributed by atoms with Crippen LogP contribution < -0.4 is 0 Å². The molecule has 0 spiro atoms. The monoisotopic (exact) mass is 296 g/mol. The van der Waals surface area contributed by atoms with Gasteiger partial charge in [0.15, 0.2) is 0 Å². The lowest BCUT2D eigenvalue weighted by molar-refractivity contribution is 0.0766. The fourth-order valence-electron chi connectivity index (χ4n) is 1.71. The lowest BCUT2D eigenvalue weighted by Crippen LogP contribution is -2.33. The maximum Gasteiger partial charge on any atom is 0.271 e. The van der Waals surface area contributed by atoms with Crippen molar-refractivity contribution in [3.8, 4) is 12.3 Å². The van der Waals surface area contributed by atoms with Gasteiger partial charge in [0.1, 0.15) is 5.69 Å². The molecule has 0 aliphatic heterocycles. The molecule has 0 fully saturated rings. The third kappa shape index (κ3) is 3.37. The SMILES string of the molecule is C#CCN(CCC)C(=O)c1cc(Br)cn1CC. The summed E-state index contributed by atoms with van der Waals surface area (Å²) in [5, 5.41) is 0. The zero-order valence-electron chi connectivity index (χ0n) is 10.2. The number of terminal acetylenes is 1. The minimum absolute atomic E-state index is 0.00245. The van der Waals surface area contributed by atoms with E-state index >= 15 is 0 Å². The van der Waals surface area contributed by atoms with Gasteiger partial charge in [-0.25, -0.2) is 0 Å². The van der Waals surface area contributed by atoms with E-state index in [1.54, 1.807) is 4.90 Å². The van der Waals surface area contributed by atoms with Crippen LogP contribution in [0.25, 0.3) is 0 Å². The van der Waals surface area contributed by atoms with Gasteiger partial charge in [-0.05, 0) is 35.3 Å². The minimum Gasteiger partial charge on any atom is -0.343 e. The normalized spacial score (nSPS) is 10.0. The van der Waals surface area contributed by atoms with Gasteiger partial charge in [-0.3, -0.25) is 4.79 Å². The van der Waals surface area contributed by atoms with Crippen LogP contribution in [0.3, 0.4) is 0 Å². The fraction of sp³-hybridized carbons (Fsp3) is 0.462. The standard InChI is InChI=1S/C13H17BrN2O/c1-4-7-16(8-5-2)13(17)12-9-11(14)10-15(12)6-3/h1,9-10H,5-8H2,2-3H3. The molecule has 1 heterocycles. The van der Waals surface area contributed by atoms with Crippen molar-refractivity contribution in [1.82, 2.24) is 9.47 Å². The predicted octanol–water partition coefficient (Wildman–Crippen LogP) is 2.76. The van der Waals surface area contributed by atoms with Gasteiger partial charge < -0.3 is 9.47 Å². The Labute approximate surface area is 111 Å². The Morgan fingerprint density at radius 2 is 2.29 bits per heavy atom. The first-order chi connectivity index (χ1) is 8.13. The summed E-state index contributed by atoms with van der Waals surface area (Å²) in [5.74, 6) is 2.53. The third-order valence-electron chi connectivity index (χ3n) is 2.49. The second-order valence-electron chi connectivity index (χ2n) is 3.76. The lowest BCUT2D eigenvalue weighted by atomic mass is 10.3. The Kier molecular flexibility index (Phi) is 5.30. The van der Waals surface area contributed by atoms with Crippen LogP contribution >= 0.6 is 15.9 Å². The topological polar surface area (TPSA) is 25.2 Å². The molecule has 0 aromatic carbocycles. The smallest absolute Gasteiger partial charge is 0.271 e. The molecule has 0 bridgehead atoms. The molecule has 0 aliphatic rings. The first-order valence-electron chi connectivity index (χ1n) is 5.72. The van der Waals surface area contributed by atoms with Crippen molar-refractivity contribution in [2.75, 3.05) is 13.1 Å². The number of aromatic nitrogens is 1. The average Bonchev–Trinajstić information content (AvgIpc) is 2.69. The summed E-state index contributed by atoms with van der Waals surface area (Å²) in [7, 11) is 0. The molecule has 1 amide bonds. The van der Waals surface area contributed by atoms with Gasteiger partial charge in [0.05, 0.1) is 6.54 Å². The molecule has 0 aliphatic carbocycles. The van der Waals surface area contributed by atoms with Crippen molar-refractivity contribution in [2.24, 2.45) is 0 Å². The zero-order valence-corrected chi connectivity index (χ0v) is 11.8. The molecule has 0 saturated carbocycles. The fourth-order valence-corrected chi connectivity index (χ4v) is 2.17. The van der Waals surface area contributed by atoms with E-state index in [1.165, 1.54) is 0 Å². The number of rotatable bonds is 5. The Balaban J connectivity index is 2.96. The van der Waals surface area contributed by atoms with Crippen LogP contribution in [0.4, 0.5) is 0 Å². The Morgan fingerprint density at radius 3 is 2.82 bits per heavy atom. The van der Waals surface area contributed by atoms with Gasteiger partial charge in [0.2, 0.25) is 0 Å². The quantitative estimate of drug-likeness (QED) is 0.767. The number of nitrogens with zero attached hydrogens (tertiary/aromatic N) is 2. The highest BCUT2D eigenvalue weighted by Crippen LogP contribution is 2.16. The van der Waals surface area contributed by atoms with Crippen molar-refractivity contribution in [2.45, 2.75) is 26.8 Å². The molecule has 4 heteroatoms. The van der Waals surface area contributed by atoms with Crippen LogP contribution in [0, 0.1) is 12.3 Å². The maximum absolute atomic E-state index is 12.3. The molecule has 17 heavy (non-hydrogen) atoms. The molecule has 1 rings (SSSR count). The number of carbonyl (C=O) groups is 1. The van der Waals surface area contributed by atoms with Gasteiger partial charge in [0, 0.05) is 23.8 Å². The van der Waals surface area contributed by atoms with Crippen molar-refractivity contribution in [3.63, 3.8) is 0 Å². The van der Waals surface area contributed by atoms with E-state index in [0.29, 0.717) is 18.8 Å². The van der Waals surface area contributed by atoms with E-state index in [0.717, 1.165) is 17.4 Å². The Hall–Kier alpha value is -1.21. The van der Waals surface area contributed by atoms with Crippen molar-refractivity contribution in [1.29, 1.82) is 0 Å². The summed E-state index contributed by atoms with van der Waals surface area (Å²) < 4.78 is 2.84. The molecule has 3 nitrogen and oxygen atoms in total. The molecular weight excluding hydrogens is 280 g/mol. The number of halogens is 1. The average molecular weight is 297 g/mol. The van der Waals surface area contributed by atoms with E-state index in [2.05, 4.69) is 21.9 Å². The summed E-state index contributed by atoms with van der Waals surface area (Å²) in [4.78, 5) is 14.0. The summed E-state index contributed by atoms with van der Waals surface area (Å²) in [6, 6.07) is 1.84. The van der Waals surface area contributed by atoms with Crippen LogP contribution in [0.2, 0.25) is 0 Å². The van der Waals surface area contributed by atoms with E-state index in [-0.39, 0.29) is 5.91 Å². The maximum atomic E-state index is 12.3. The number of hydrogen-bond donors (Lipinski definition) is 0. The van der Waals surface area contributed by atoms with E-state index in [4.69, 9.17) is 6.42 Å². The first-order valence-corrected chi connectivity index (χ1v) is 6.51. The van der Waals surface area contributed by atoms with E-state index < -0.39 is 0 Å². The van der Waals surface area contributed by atoms with Gasteiger partial charge >= 0.3 is 0 Å². The van der Waals surface area contributed by atoms with Crippen LogP contribution in [0.5, 0.6) is 0 Å². The summed E-state index contributed by atoms with van der Waals surface area (Å²) in [6.07, 6.45) is 8.11. The Bertz CT molecular complexity index is 431. The molecule has 0 N–H and O–H groups in total. The molecule has 0 unspecified atom stereocenters. The molecule has 0 atom stereocenters. The van der Waals surface area contributed by atoms with Gasteiger partial charge in [-0.15, -0.1) is 6.42 Å². The first kappa shape index (κ1) is 13.9. The second kappa shape index (κ2) is 6.51. The molecule has 1 aromatic heterocycles. The van der Waals surface area contributed by atoms with Crippen molar-refractivity contribution >= 4 is 21.8 Å². The predicted molar refractivity (Wildman–Crippen MR) is 72.8 cm³/mol. The Morgan fingerprint density at radius 1 is 1.59 bits per heavy atom. The summed E-state index contributed by atoms with van der Waals surface area (Å²) in [6.45, 7) is 5.86. The van der Waals surface area contributed by atoms with Gasteiger partial charge in [-0.2, -0.15) is 0 Å². The highest BCUT2D eigenvalue weighted by Gasteiger charge is 2.18. The number of aryl methyl sites for hydroxylation is 1. The number of amides is 1. The molecule has 0 saturated heterocycles. The lowest BCUT2D eigenvalue weighted by Gasteiger charge is -2.20. The number of hydrogen-bond acceptors (Lipinski definition) is 1. The second-order valence-corrected chi connectivity index (χ2v) is 4.68. The highest BCUT2D eigenvalue weighted by molar-refractivity contribution is 9.10. The highest BCUT2D eigenvalue weighted by atomic mass is 79.9. The zero-order chi connectivity index (χ0) is 12.8. The summed E-state index contributed by atoms with van der Waals surface area (Å²) in [5.41, 5.74) is 0.683. The molecule has 0 radical (unpaired) electrons. The van der Waals surface area contributed by atoms with Crippen molar-refractivity contribution in [3.05, 3.63) is 22.4 Å². The molecule has 92 valence electrons. The molecule has 1 aromatic rings. The van der Waals surface area contributed by atoms with Gasteiger partial charge in [-0.1, -0.05) is 12.8 Å². The third-order valence-corrected chi connectivity index (χ3v) is 2.92. The van der Waals surface area contributed by atoms with Crippen LogP contribution in [-0.2, 0) is 6.54 Å². The van der Waals surface area contributed by atoms with E-state index in [9.17, 15) is 4.79 Å². The van der Waals surface area contributed by atoms with Crippen LogP contribution in [-0.4, -0.2) is 28.5 Å². The largest absolute Gasteiger partial charge is 0.343 e. The number of carbonyl (C=O) groups excluding carboxylic acids is 1. The summed E-state index contributed by atoms with van der Waals surface area (Å²) >= 11 is 3.39. The van der Waals surface area contributed by atoms with E-state index in [1.807, 2.05) is 30.7 Å². The minimum atomic E-state index is -0.00245. The van der Waals surface area contributed by atoms with Gasteiger partial charge in [0.25, 0.3) is 5.91 Å². The van der Waals surface area contributed by atoms with Crippen molar-refractivity contribution < 1.29 is 4.79 Å². The van der Waals surface area contributed by atoms with Crippen LogP contribution in [0.15, 0.2) is 16.7 Å².